The molecule has 4 heteroatoms. The summed E-state index contributed by atoms with van der Waals surface area (Å²) in [5, 5.41) is 6.94. The van der Waals surface area contributed by atoms with Crippen molar-refractivity contribution in [2.24, 2.45) is 0 Å². The van der Waals surface area contributed by atoms with E-state index in [0.29, 0.717) is 0 Å². The molecule has 0 aliphatic heterocycles. The van der Waals surface area contributed by atoms with Gasteiger partial charge < -0.3 is 13.6 Å². The van der Waals surface area contributed by atoms with Crippen molar-refractivity contribution in [2.45, 2.75) is 0 Å². The number of para-hydroxylation sites is 5. The number of pyridine rings is 1. The van der Waals surface area contributed by atoms with Crippen LogP contribution < -0.4 is 0 Å². The molecule has 8 aromatic carbocycles. The summed E-state index contributed by atoms with van der Waals surface area (Å²) in [6.45, 7) is 0. The van der Waals surface area contributed by atoms with Gasteiger partial charge in [-0.15, -0.1) is 0 Å². The summed E-state index contributed by atoms with van der Waals surface area (Å²) in [4.78, 5) is 5.32. The molecular weight excluding hydrogens is 695 g/mol. The van der Waals surface area contributed by atoms with Gasteiger partial charge in [0.2, 0.25) is 0 Å². The van der Waals surface area contributed by atoms with Crippen molar-refractivity contribution in [3.63, 3.8) is 0 Å². The Morgan fingerprint density at radius 3 is 1.30 bits per heavy atom. The minimum absolute atomic E-state index is 0.837. The van der Waals surface area contributed by atoms with E-state index in [2.05, 4.69) is 209 Å². The molecule has 0 bridgehead atoms. The molecule has 4 heterocycles. The van der Waals surface area contributed by atoms with Crippen LogP contribution in [0.4, 0.5) is 0 Å². The van der Waals surface area contributed by atoms with Gasteiger partial charge in [0.1, 0.15) is 5.58 Å². The van der Waals surface area contributed by atoms with Gasteiger partial charge in [0.15, 0.2) is 5.58 Å². The maximum atomic E-state index is 7.10. The molecule has 12 aromatic rings. The van der Waals surface area contributed by atoms with Crippen LogP contribution >= 0.6 is 0 Å². The van der Waals surface area contributed by atoms with E-state index in [1.54, 1.807) is 0 Å². The lowest BCUT2D eigenvalue weighted by Gasteiger charge is -2.20. The van der Waals surface area contributed by atoms with Gasteiger partial charge in [-0.2, -0.15) is 0 Å². The molecule has 0 saturated carbocycles. The van der Waals surface area contributed by atoms with Gasteiger partial charge in [-0.1, -0.05) is 152 Å². The van der Waals surface area contributed by atoms with Gasteiger partial charge in [-0.25, -0.2) is 4.98 Å². The predicted molar refractivity (Wildman–Crippen MR) is 237 cm³/mol. The second kappa shape index (κ2) is 12.4. The first-order valence-electron chi connectivity index (χ1n) is 19.4. The molecule has 0 spiro atoms. The summed E-state index contributed by atoms with van der Waals surface area (Å²) in [5.41, 5.74) is 14.4. The zero-order valence-electron chi connectivity index (χ0n) is 30.8. The third-order valence-electron chi connectivity index (χ3n) is 11.5. The summed E-state index contributed by atoms with van der Waals surface area (Å²) >= 11 is 0. The Kier molecular flexibility index (Phi) is 6.89. The number of hydrogen-bond donors (Lipinski definition) is 0. The number of hydrogen-bond acceptors (Lipinski definition) is 2. The fraction of sp³-hybridized carbons (Fsp3) is 0. The van der Waals surface area contributed by atoms with Crippen LogP contribution in [-0.2, 0) is 0 Å². The largest absolute Gasteiger partial charge is 0.454 e. The SMILES string of the molecule is c1ccc(-c2cc(-c3cc(-n4c5ccccc5c5ccccc54)c4oc5ccccc5c4c3-n3c4ccccc4c4ccccc43)cc(-c3ccccc3)n2)cc1. The third-order valence-corrected chi connectivity index (χ3v) is 11.5. The Labute approximate surface area is 328 Å². The van der Waals surface area contributed by atoms with Crippen molar-refractivity contribution in [3.05, 3.63) is 200 Å². The highest BCUT2D eigenvalue weighted by Crippen LogP contribution is 2.48. The topological polar surface area (TPSA) is 35.9 Å². The van der Waals surface area contributed by atoms with Crippen LogP contribution in [0, 0.1) is 0 Å². The molecule has 4 aromatic heterocycles. The molecule has 57 heavy (non-hydrogen) atoms. The van der Waals surface area contributed by atoms with Crippen LogP contribution in [0.5, 0.6) is 0 Å². The van der Waals surface area contributed by atoms with Gasteiger partial charge in [-0.3, -0.25) is 0 Å². The van der Waals surface area contributed by atoms with E-state index < -0.39 is 0 Å². The monoisotopic (exact) mass is 727 g/mol. The van der Waals surface area contributed by atoms with Crippen molar-refractivity contribution >= 4 is 65.6 Å². The number of aromatic nitrogens is 3. The van der Waals surface area contributed by atoms with E-state index in [1.165, 1.54) is 21.5 Å². The number of fused-ring (bicyclic) bond motifs is 9. The van der Waals surface area contributed by atoms with E-state index in [9.17, 15) is 0 Å². The molecular formula is C53H33N3O. The Balaban J connectivity index is 1.32. The smallest absolute Gasteiger partial charge is 0.161 e. The second-order valence-corrected chi connectivity index (χ2v) is 14.7. The lowest BCUT2D eigenvalue weighted by atomic mass is 9.95. The summed E-state index contributed by atoms with van der Waals surface area (Å²) < 4.78 is 12.0. The van der Waals surface area contributed by atoms with Gasteiger partial charge in [0, 0.05) is 43.6 Å². The van der Waals surface area contributed by atoms with Gasteiger partial charge in [-0.05, 0) is 54.1 Å². The van der Waals surface area contributed by atoms with E-state index in [1.807, 2.05) is 0 Å². The normalized spacial score (nSPS) is 11.9. The molecule has 0 saturated heterocycles. The van der Waals surface area contributed by atoms with Crippen LogP contribution in [0.3, 0.4) is 0 Å². The minimum atomic E-state index is 0.837. The molecule has 0 aliphatic rings. The molecule has 0 aliphatic carbocycles. The standard InChI is InChI=1S/C53H33N3O/c1-3-17-34(18-4-1)43-31-36(32-44(54-43)35-19-5-2-6-20-35)42-33-49(55-45-26-12-7-21-37(45)38-22-8-13-27-46(38)55)53-51(41-25-11-16-30-50(41)57-53)52(42)56-47-28-14-9-23-39(47)40-24-10-15-29-48(40)56/h1-33H. The molecule has 0 radical (unpaired) electrons. The lowest BCUT2D eigenvalue weighted by Crippen LogP contribution is -2.03. The van der Waals surface area contributed by atoms with Crippen LogP contribution in [0.2, 0.25) is 0 Å². The van der Waals surface area contributed by atoms with Crippen LogP contribution in [0.25, 0.3) is 111 Å². The Morgan fingerprint density at radius 1 is 0.368 bits per heavy atom. The van der Waals surface area contributed by atoms with Crippen molar-refractivity contribution in [3.8, 4) is 45.0 Å². The second-order valence-electron chi connectivity index (χ2n) is 14.7. The molecule has 266 valence electrons. The van der Waals surface area contributed by atoms with Crippen LogP contribution in [-0.4, -0.2) is 14.1 Å². The van der Waals surface area contributed by atoms with Crippen molar-refractivity contribution < 1.29 is 4.42 Å². The van der Waals surface area contributed by atoms with Gasteiger partial charge in [0.25, 0.3) is 0 Å². The lowest BCUT2D eigenvalue weighted by molar-refractivity contribution is 0.666. The quantitative estimate of drug-likeness (QED) is 0.177. The zero-order chi connectivity index (χ0) is 37.5. The summed E-state index contributed by atoms with van der Waals surface area (Å²) in [6, 6.07) is 71.3. The first-order chi connectivity index (χ1) is 28.3. The first kappa shape index (κ1) is 31.6. The predicted octanol–water partition coefficient (Wildman–Crippen LogP) is 14.2. The van der Waals surface area contributed by atoms with E-state index in [-0.39, 0.29) is 0 Å². The van der Waals surface area contributed by atoms with Crippen molar-refractivity contribution in [1.29, 1.82) is 0 Å². The molecule has 4 nitrogen and oxygen atoms in total. The molecule has 0 N–H and O–H groups in total. The maximum absolute atomic E-state index is 7.10. The Morgan fingerprint density at radius 2 is 0.789 bits per heavy atom. The molecule has 12 rings (SSSR count). The van der Waals surface area contributed by atoms with E-state index in [4.69, 9.17) is 9.40 Å². The molecule has 0 fully saturated rings. The van der Waals surface area contributed by atoms with Crippen LogP contribution in [0.1, 0.15) is 0 Å². The highest BCUT2D eigenvalue weighted by Gasteiger charge is 2.27. The average Bonchev–Trinajstić information content (AvgIpc) is 3.95. The fourth-order valence-electron chi connectivity index (χ4n) is 9.03. The summed E-state index contributed by atoms with van der Waals surface area (Å²) in [5.74, 6) is 0. The highest BCUT2D eigenvalue weighted by atomic mass is 16.3. The fourth-order valence-corrected chi connectivity index (χ4v) is 9.03. The molecule has 0 atom stereocenters. The first-order valence-corrected chi connectivity index (χ1v) is 19.4. The maximum Gasteiger partial charge on any atom is 0.161 e. The molecule has 0 amide bonds. The Bertz CT molecular complexity index is 3350. The number of furan rings is 1. The number of benzene rings is 8. The van der Waals surface area contributed by atoms with Crippen molar-refractivity contribution in [1.82, 2.24) is 14.1 Å². The van der Waals surface area contributed by atoms with Gasteiger partial charge >= 0.3 is 0 Å². The summed E-state index contributed by atoms with van der Waals surface area (Å²) in [6.07, 6.45) is 0. The zero-order valence-corrected chi connectivity index (χ0v) is 30.8. The minimum Gasteiger partial charge on any atom is -0.454 e. The average molecular weight is 728 g/mol. The van der Waals surface area contributed by atoms with Crippen molar-refractivity contribution in [2.75, 3.05) is 0 Å². The summed E-state index contributed by atoms with van der Waals surface area (Å²) in [7, 11) is 0. The third kappa shape index (κ3) is 4.77. The highest BCUT2D eigenvalue weighted by molar-refractivity contribution is 6.19. The van der Waals surface area contributed by atoms with Gasteiger partial charge in [0.05, 0.1) is 50.2 Å². The van der Waals surface area contributed by atoms with E-state index >= 15 is 0 Å². The molecule has 0 unspecified atom stereocenters. The number of nitrogens with zero attached hydrogens (tertiary/aromatic N) is 3. The van der Waals surface area contributed by atoms with Crippen LogP contribution in [0.15, 0.2) is 205 Å². The Hall–Kier alpha value is -7.69. The number of rotatable bonds is 5. The van der Waals surface area contributed by atoms with E-state index in [0.717, 1.165) is 89.0 Å².